The molecule has 1 aromatic rings. The maximum absolute atomic E-state index is 12.7. The molecule has 0 bridgehead atoms. The molecule has 0 radical (unpaired) electrons. The first-order chi connectivity index (χ1) is 5.65. The van der Waals surface area contributed by atoms with Gasteiger partial charge in [-0.25, -0.2) is 4.39 Å². The molecule has 1 rings (SSSR count). The molecule has 12 heavy (non-hydrogen) atoms. The van der Waals surface area contributed by atoms with E-state index in [-0.39, 0.29) is 5.82 Å². The van der Waals surface area contributed by atoms with Crippen molar-refractivity contribution >= 4 is 6.08 Å². The third-order valence-electron chi connectivity index (χ3n) is 1.89. The van der Waals surface area contributed by atoms with Crippen molar-refractivity contribution in [2.24, 2.45) is 0 Å². The van der Waals surface area contributed by atoms with Crippen molar-refractivity contribution in [1.29, 1.82) is 0 Å². The van der Waals surface area contributed by atoms with E-state index in [4.69, 9.17) is 0 Å². The van der Waals surface area contributed by atoms with Gasteiger partial charge in [-0.3, -0.25) is 0 Å². The second kappa shape index (κ2) is 3.53. The Labute approximate surface area is 72.7 Å². The Hall–Kier alpha value is -1.11. The molecule has 0 spiro atoms. The van der Waals surface area contributed by atoms with E-state index in [2.05, 4.69) is 20.4 Å². The monoisotopic (exact) mass is 164 g/mol. The number of halogens is 1. The van der Waals surface area contributed by atoms with Gasteiger partial charge in [0.2, 0.25) is 0 Å². The van der Waals surface area contributed by atoms with Crippen molar-refractivity contribution in [3.8, 4) is 0 Å². The van der Waals surface area contributed by atoms with Crippen LogP contribution in [0.25, 0.3) is 6.08 Å². The largest absolute Gasteiger partial charge is 0.207 e. The minimum atomic E-state index is -0.200. The van der Waals surface area contributed by atoms with E-state index in [0.717, 1.165) is 11.1 Å². The summed E-state index contributed by atoms with van der Waals surface area (Å²) in [4.78, 5) is 0. The van der Waals surface area contributed by atoms with Crippen LogP contribution in [0.2, 0.25) is 0 Å². The summed E-state index contributed by atoms with van der Waals surface area (Å²) >= 11 is 0. The van der Waals surface area contributed by atoms with E-state index < -0.39 is 0 Å². The molecule has 0 N–H and O–H groups in total. The molecule has 0 saturated heterocycles. The normalized spacial score (nSPS) is 10.3. The molecule has 0 heterocycles. The van der Waals surface area contributed by atoms with Gasteiger partial charge < -0.3 is 0 Å². The maximum atomic E-state index is 12.7. The van der Waals surface area contributed by atoms with Crippen molar-refractivity contribution in [3.63, 3.8) is 0 Å². The van der Waals surface area contributed by atoms with E-state index in [0.29, 0.717) is 5.92 Å². The highest BCUT2D eigenvalue weighted by atomic mass is 19.1. The Morgan fingerprint density at radius 2 is 2.08 bits per heavy atom. The highest BCUT2D eigenvalue weighted by Crippen LogP contribution is 2.20. The Balaban J connectivity index is 3.20. The summed E-state index contributed by atoms with van der Waals surface area (Å²) in [7, 11) is 0. The smallest absolute Gasteiger partial charge is 0.123 e. The van der Waals surface area contributed by atoms with Gasteiger partial charge in [0, 0.05) is 0 Å². The summed E-state index contributed by atoms with van der Waals surface area (Å²) in [6.07, 6.45) is 1.69. The molecule has 0 atom stereocenters. The van der Waals surface area contributed by atoms with Crippen LogP contribution in [0.15, 0.2) is 24.8 Å². The van der Waals surface area contributed by atoms with Crippen molar-refractivity contribution < 1.29 is 4.39 Å². The Kier molecular flexibility index (Phi) is 2.64. The molecule has 0 aliphatic rings. The average Bonchev–Trinajstić information content (AvgIpc) is 2.03. The van der Waals surface area contributed by atoms with Crippen LogP contribution in [0.3, 0.4) is 0 Å². The van der Waals surface area contributed by atoms with Crippen molar-refractivity contribution in [2.45, 2.75) is 19.8 Å². The zero-order valence-corrected chi connectivity index (χ0v) is 7.47. The van der Waals surface area contributed by atoms with E-state index in [9.17, 15) is 4.39 Å². The third-order valence-corrected chi connectivity index (χ3v) is 1.89. The van der Waals surface area contributed by atoms with Gasteiger partial charge in [0.05, 0.1) is 0 Å². The summed E-state index contributed by atoms with van der Waals surface area (Å²) < 4.78 is 12.7. The summed E-state index contributed by atoms with van der Waals surface area (Å²) in [5.41, 5.74) is 2.04. The first-order valence-electron chi connectivity index (χ1n) is 4.07. The number of hydrogen-bond donors (Lipinski definition) is 0. The Morgan fingerprint density at radius 3 is 2.58 bits per heavy atom. The second-order valence-electron chi connectivity index (χ2n) is 3.13. The van der Waals surface area contributed by atoms with Crippen LogP contribution in [0.5, 0.6) is 0 Å². The van der Waals surface area contributed by atoms with E-state index >= 15 is 0 Å². The number of hydrogen-bond acceptors (Lipinski definition) is 0. The fraction of sp³-hybridized carbons (Fsp3) is 0.273. The molecule has 0 amide bonds. The van der Waals surface area contributed by atoms with Crippen LogP contribution >= 0.6 is 0 Å². The van der Waals surface area contributed by atoms with Gasteiger partial charge in [0.1, 0.15) is 5.82 Å². The minimum Gasteiger partial charge on any atom is -0.207 e. The minimum absolute atomic E-state index is 0.200. The lowest BCUT2D eigenvalue weighted by Gasteiger charge is -2.08. The Bertz CT molecular complexity index is 287. The Morgan fingerprint density at radius 1 is 1.42 bits per heavy atom. The summed E-state index contributed by atoms with van der Waals surface area (Å²) in [6, 6.07) is 4.82. The van der Waals surface area contributed by atoms with Crippen LogP contribution in [0.1, 0.15) is 30.9 Å². The standard InChI is InChI=1S/C11H13F/c1-4-9-7-10(12)5-6-11(9)8(2)3/h4-8H,1H2,2-3H3. The molecule has 1 heteroatoms. The summed E-state index contributed by atoms with van der Waals surface area (Å²) in [6.45, 7) is 7.82. The lowest BCUT2D eigenvalue weighted by Crippen LogP contribution is -1.92. The lowest BCUT2D eigenvalue weighted by atomic mass is 9.97. The molecule has 1 aromatic carbocycles. The SMILES string of the molecule is C=Cc1cc(F)ccc1C(C)C. The van der Waals surface area contributed by atoms with E-state index in [1.807, 2.05) is 6.07 Å². The fourth-order valence-electron chi connectivity index (χ4n) is 1.25. The fourth-order valence-corrected chi connectivity index (χ4v) is 1.25. The molecule has 0 unspecified atom stereocenters. The number of benzene rings is 1. The van der Waals surface area contributed by atoms with Crippen LogP contribution in [-0.2, 0) is 0 Å². The predicted octanol–water partition coefficient (Wildman–Crippen LogP) is 3.59. The second-order valence-corrected chi connectivity index (χ2v) is 3.13. The summed E-state index contributed by atoms with van der Waals surface area (Å²) in [5, 5.41) is 0. The van der Waals surface area contributed by atoms with Crippen LogP contribution in [-0.4, -0.2) is 0 Å². The van der Waals surface area contributed by atoms with E-state index in [1.54, 1.807) is 6.08 Å². The molecular formula is C11H13F. The van der Waals surface area contributed by atoms with E-state index in [1.165, 1.54) is 12.1 Å². The van der Waals surface area contributed by atoms with Crippen molar-refractivity contribution in [2.75, 3.05) is 0 Å². The highest BCUT2D eigenvalue weighted by molar-refractivity contribution is 5.52. The zero-order valence-electron chi connectivity index (χ0n) is 7.47. The van der Waals surface area contributed by atoms with Crippen LogP contribution in [0, 0.1) is 5.82 Å². The highest BCUT2D eigenvalue weighted by Gasteiger charge is 2.04. The van der Waals surface area contributed by atoms with Gasteiger partial charge in [0.15, 0.2) is 0 Å². The van der Waals surface area contributed by atoms with Gasteiger partial charge in [-0.15, -0.1) is 0 Å². The maximum Gasteiger partial charge on any atom is 0.123 e. The molecule has 0 aliphatic carbocycles. The molecule has 0 aliphatic heterocycles. The summed E-state index contributed by atoms with van der Waals surface area (Å²) in [5.74, 6) is 0.216. The van der Waals surface area contributed by atoms with Crippen LogP contribution in [0.4, 0.5) is 4.39 Å². The molecule has 0 aromatic heterocycles. The van der Waals surface area contributed by atoms with Crippen molar-refractivity contribution in [1.82, 2.24) is 0 Å². The third kappa shape index (κ3) is 1.73. The van der Waals surface area contributed by atoms with Crippen LogP contribution < -0.4 is 0 Å². The number of rotatable bonds is 2. The molecule has 0 nitrogen and oxygen atoms in total. The average molecular weight is 164 g/mol. The lowest BCUT2D eigenvalue weighted by molar-refractivity contribution is 0.626. The molecule has 64 valence electrons. The van der Waals surface area contributed by atoms with Gasteiger partial charge in [-0.1, -0.05) is 32.6 Å². The molecule has 0 saturated carbocycles. The molecular weight excluding hydrogens is 151 g/mol. The quantitative estimate of drug-likeness (QED) is 0.626. The first kappa shape index (κ1) is 8.98. The van der Waals surface area contributed by atoms with Gasteiger partial charge in [-0.2, -0.15) is 0 Å². The van der Waals surface area contributed by atoms with Gasteiger partial charge >= 0.3 is 0 Å². The van der Waals surface area contributed by atoms with Gasteiger partial charge in [-0.05, 0) is 29.2 Å². The zero-order chi connectivity index (χ0) is 9.14. The first-order valence-corrected chi connectivity index (χ1v) is 4.07. The van der Waals surface area contributed by atoms with Gasteiger partial charge in [0.25, 0.3) is 0 Å². The predicted molar refractivity (Wildman–Crippen MR) is 50.6 cm³/mol. The molecule has 0 fully saturated rings. The topological polar surface area (TPSA) is 0 Å². The van der Waals surface area contributed by atoms with Crippen molar-refractivity contribution in [3.05, 3.63) is 41.7 Å².